The van der Waals surface area contributed by atoms with E-state index in [4.69, 9.17) is 0 Å². The molecule has 1 aliphatic rings. The molecule has 4 aromatic rings. The van der Waals surface area contributed by atoms with Crippen molar-refractivity contribution in [1.82, 2.24) is 19.6 Å². The van der Waals surface area contributed by atoms with Gasteiger partial charge in [-0.05, 0) is 61.7 Å². The van der Waals surface area contributed by atoms with Gasteiger partial charge in [0.25, 0.3) is 0 Å². The second-order valence-corrected chi connectivity index (χ2v) is 10.5. The van der Waals surface area contributed by atoms with Crippen molar-refractivity contribution >= 4 is 26.4 Å². The maximum Gasteiger partial charge on any atom is 0.184 e. The summed E-state index contributed by atoms with van der Waals surface area (Å²) in [5, 5.41) is 9.09. The minimum absolute atomic E-state index is 0.280. The number of rotatable bonds is 4. The molecule has 1 saturated heterocycles. The summed E-state index contributed by atoms with van der Waals surface area (Å²) in [7, 11) is -1.65. The number of halogens is 1. The molecule has 0 atom stereocenters. The number of piperidine rings is 1. The summed E-state index contributed by atoms with van der Waals surface area (Å²) in [6.07, 6.45) is 5.95. The van der Waals surface area contributed by atoms with Crippen LogP contribution in [0.4, 0.5) is 10.1 Å². The molecule has 0 amide bonds. The van der Waals surface area contributed by atoms with Crippen molar-refractivity contribution in [1.29, 1.82) is 0 Å². The van der Waals surface area contributed by atoms with Crippen molar-refractivity contribution < 1.29 is 12.8 Å². The second-order valence-electron chi connectivity index (χ2n) is 8.31. The van der Waals surface area contributed by atoms with Gasteiger partial charge in [-0.3, -0.25) is 4.68 Å². The Morgan fingerprint density at radius 1 is 1.03 bits per heavy atom. The highest BCUT2D eigenvalue weighted by Crippen LogP contribution is 2.32. The molecule has 0 saturated carbocycles. The van der Waals surface area contributed by atoms with E-state index < -0.39 is 15.1 Å². The zero-order valence-corrected chi connectivity index (χ0v) is 18.8. The highest BCUT2D eigenvalue weighted by molar-refractivity contribution is 7.92. The highest BCUT2D eigenvalue weighted by atomic mass is 32.2. The number of sulfone groups is 1. The van der Waals surface area contributed by atoms with E-state index in [1.54, 1.807) is 36.3 Å². The first-order valence-electron chi connectivity index (χ1n) is 10.5. The topological polar surface area (TPSA) is 73.0 Å². The number of nitrogens with zero attached hydrogens (tertiary/aromatic N) is 5. The molecule has 0 unspecified atom stereocenters. The maximum atomic E-state index is 13.3. The predicted molar refractivity (Wildman–Crippen MR) is 121 cm³/mol. The molecule has 0 radical (unpaired) electrons. The number of benzene rings is 2. The molecule has 0 aliphatic carbocycles. The van der Waals surface area contributed by atoms with Crippen molar-refractivity contribution in [3.05, 3.63) is 66.4 Å². The minimum Gasteiger partial charge on any atom is -0.371 e. The Hall–Kier alpha value is -3.20. The molecule has 166 valence electrons. The monoisotopic (exact) mass is 453 g/mol. The van der Waals surface area contributed by atoms with Crippen molar-refractivity contribution in [3.8, 4) is 5.69 Å². The Bertz CT molecular complexity index is 1380. The summed E-state index contributed by atoms with van der Waals surface area (Å²) in [5.41, 5.74) is 3.94. The molecule has 1 aliphatic heterocycles. The maximum absolute atomic E-state index is 13.3. The van der Waals surface area contributed by atoms with Crippen molar-refractivity contribution in [2.75, 3.05) is 18.0 Å². The summed E-state index contributed by atoms with van der Waals surface area (Å²) in [6, 6.07) is 10.5. The molecule has 9 heteroatoms. The van der Waals surface area contributed by atoms with Crippen LogP contribution in [0.2, 0.25) is 0 Å². The van der Waals surface area contributed by atoms with Crippen molar-refractivity contribution in [3.63, 3.8) is 0 Å². The molecule has 0 N–H and O–H groups in total. The van der Waals surface area contributed by atoms with Gasteiger partial charge in [-0.2, -0.15) is 10.2 Å². The van der Waals surface area contributed by atoms with E-state index in [0.717, 1.165) is 27.8 Å². The average Bonchev–Trinajstić information content (AvgIpc) is 3.40. The standard InChI is InChI=1S/C23H24FN5O2S/c1-16-11-23-17(13-26-29(23)19-5-3-18(24)4-6-19)12-22(16)28-9-7-20(8-10-28)32(30,31)21-14-25-27(2)15-21/h3-6,11-15,20H,7-10H2,1-2H3. The third-order valence-electron chi connectivity index (χ3n) is 6.19. The van der Waals surface area contributed by atoms with Crippen LogP contribution in [-0.4, -0.2) is 46.3 Å². The fraction of sp³-hybridized carbons (Fsp3) is 0.304. The van der Waals surface area contributed by atoms with Gasteiger partial charge in [0, 0.05) is 37.4 Å². The first-order valence-corrected chi connectivity index (χ1v) is 12.1. The SMILES string of the molecule is Cc1cc2c(cnn2-c2ccc(F)cc2)cc1N1CCC(S(=O)(=O)c2cnn(C)c2)CC1. The number of hydrogen-bond donors (Lipinski definition) is 0. The van der Waals surface area contributed by atoms with Gasteiger partial charge in [-0.1, -0.05) is 0 Å². The Morgan fingerprint density at radius 2 is 1.75 bits per heavy atom. The predicted octanol–water partition coefficient (Wildman–Crippen LogP) is 3.65. The van der Waals surface area contributed by atoms with Gasteiger partial charge >= 0.3 is 0 Å². The molecule has 3 heterocycles. The molecule has 1 fully saturated rings. The van der Waals surface area contributed by atoms with Gasteiger partial charge in [0.15, 0.2) is 9.84 Å². The number of aryl methyl sites for hydroxylation is 2. The Morgan fingerprint density at radius 3 is 2.41 bits per heavy atom. The third kappa shape index (κ3) is 3.56. The first-order chi connectivity index (χ1) is 15.3. The Kier molecular flexibility index (Phi) is 5.00. The van der Waals surface area contributed by atoms with E-state index in [-0.39, 0.29) is 5.82 Å². The Labute approximate surface area is 186 Å². The van der Waals surface area contributed by atoms with Gasteiger partial charge < -0.3 is 4.90 Å². The Balaban J connectivity index is 1.38. The summed E-state index contributed by atoms with van der Waals surface area (Å²) in [5.74, 6) is -0.280. The van der Waals surface area contributed by atoms with Gasteiger partial charge in [0.2, 0.25) is 0 Å². The van der Waals surface area contributed by atoms with E-state index in [9.17, 15) is 12.8 Å². The second kappa shape index (κ2) is 7.74. The number of anilines is 1. The lowest BCUT2D eigenvalue weighted by molar-refractivity contribution is 0.529. The minimum atomic E-state index is -3.37. The molecule has 0 bridgehead atoms. The summed E-state index contributed by atoms with van der Waals surface area (Å²) in [6.45, 7) is 3.39. The fourth-order valence-corrected chi connectivity index (χ4v) is 6.15. The van der Waals surface area contributed by atoms with Crippen LogP contribution in [0, 0.1) is 12.7 Å². The number of fused-ring (bicyclic) bond motifs is 1. The molecular weight excluding hydrogens is 429 g/mol. The lowest BCUT2D eigenvalue weighted by Crippen LogP contribution is -2.39. The summed E-state index contributed by atoms with van der Waals surface area (Å²) >= 11 is 0. The van der Waals surface area contributed by atoms with Crippen LogP contribution in [0.3, 0.4) is 0 Å². The first kappa shape index (κ1) is 20.7. The van der Waals surface area contributed by atoms with Gasteiger partial charge in [0.05, 0.1) is 28.8 Å². The number of hydrogen-bond acceptors (Lipinski definition) is 5. The quantitative estimate of drug-likeness (QED) is 0.472. The van der Waals surface area contributed by atoms with Crippen LogP contribution in [0.5, 0.6) is 0 Å². The van der Waals surface area contributed by atoms with E-state index in [1.807, 2.05) is 0 Å². The van der Waals surface area contributed by atoms with E-state index in [0.29, 0.717) is 30.8 Å². The molecule has 7 nitrogen and oxygen atoms in total. The van der Waals surface area contributed by atoms with Crippen LogP contribution in [0.15, 0.2) is 59.9 Å². The largest absolute Gasteiger partial charge is 0.371 e. The van der Waals surface area contributed by atoms with E-state index in [2.05, 4.69) is 34.2 Å². The van der Waals surface area contributed by atoms with Crippen molar-refractivity contribution in [2.24, 2.45) is 7.05 Å². The average molecular weight is 454 g/mol. The fourth-order valence-electron chi connectivity index (χ4n) is 4.44. The van der Waals surface area contributed by atoms with E-state index >= 15 is 0 Å². The smallest absolute Gasteiger partial charge is 0.184 e. The van der Waals surface area contributed by atoms with Crippen LogP contribution in [0.1, 0.15) is 18.4 Å². The lowest BCUT2D eigenvalue weighted by atomic mass is 10.1. The zero-order valence-electron chi connectivity index (χ0n) is 17.9. The zero-order chi connectivity index (χ0) is 22.5. The number of aromatic nitrogens is 4. The summed E-state index contributed by atoms with van der Waals surface area (Å²) < 4.78 is 42.5. The molecule has 2 aromatic heterocycles. The molecule has 5 rings (SSSR count). The van der Waals surface area contributed by atoms with Crippen molar-refractivity contribution in [2.45, 2.75) is 29.9 Å². The molecular formula is C23H24FN5O2S. The van der Waals surface area contributed by atoms with Crippen LogP contribution >= 0.6 is 0 Å². The van der Waals surface area contributed by atoms with Crippen LogP contribution in [-0.2, 0) is 16.9 Å². The third-order valence-corrected chi connectivity index (χ3v) is 8.41. The van der Waals surface area contributed by atoms with Crippen LogP contribution < -0.4 is 4.90 Å². The molecule has 32 heavy (non-hydrogen) atoms. The van der Waals surface area contributed by atoms with Gasteiger partial charge in [-0.15, -0.1) is 0 Å². The lowest BCUT2D eigenvalue weighted by Gasteiger charge is -2.34. The molecule has 0 spiro atoms. The van der Waals surface area contributed by atoms with Gasteiger partial charge in [-0.25, -0.2) is 17.5 Å². The summed E-state index contributed by atoms with van der Waals surface area (Å²) in [4.78, 5) is 2.54. The normalized spacial score (nSPS) is 15.5. The highest BCUT2D eigenvalue weighted by Gasteiger charge is 2.32. The molecule has 2 aromatic carbocycles. The van der Waals surface area contributed by atoms with Gasteiger partial charge in [0.1, 0.15) is 10.7 Å². The van der Waals surface area contributed by atoms with Crippen LogP contribution in [0.25, 0.3) is 16.6 Å². The van der Waals surface area contributed by atoms with E-state index in [1.165, 1.54) is 23.0 Å².